The van der Waals surface area contributed by atoms with Crippen LogP contribution in [0.25, 0.3) is 0 Å². The molecule has 1 fully saturated rings. The van der Waals surface area contributed by atoms with Crippen LogP contribution in [0.4, 0.5) is 0 Å². The molecular weight excluding hydrogens is 258 g/mol. The SMILES string of the molecule is COCCN(CC1CCCN1)C(=O)CCn1cncn1. The lowest BCUT2D eigenvalue weighted by Gasteiger charge is -2.25. The summed E-state index contributed by atoms with van der Waals surface area (Å²) in [5.74, 6) is 0.145. The third-order valence-corrected chi connectivity index (χ3v) is 3.54. The van der Waals surface area contributed by atoms with Crippen LogP contribution in [0.3, 0.4) is 0 Å². The normalized spacial score (nSPS) is 18.4. The summed E-state index contributed by atoms with van der Waals surface area (Å²) in [6.45, 7) is 3.60. The average Bonchev–Trinajstić information content (AvgIpc) is 3.13. The number of carbonyl (C=O) groups excluding carboxylic acids is 1. The molecule has 7 nitrogen and oxygen atoms in total. The molecule has 1 N–H and O–H groups in total. The van der Waals surface area contributed by atoms with Crippen LogP contribution >= 0.6 is 0 Å². The minimum Gasteiger partial charge on any atom is -0.383 e. The Labute approximate surface area is 119 Å². The number of aromatic nitrogens is 3. The van der Waals surface area contributed by atoms with Crippen molar-refractivity contribution in [1.82, 2.24) is 25.0 Å². The molecule has 7 heteroatoms. The summed E-state index contributed by atoms with van der Waals surface area (Å²) in [5.41, 5.74) is 0. The Morgan fingerprint density at radius 2 is 2.50 bits per heavy atom. The zero-order valence-corrected chi connectivity index (χ0v) is 12.0. The molecule has 1 atom stereocenters. The Morgan fingerprint density at radius 3 is 3.15 bits per heavy atom. The zero-order chi connectivity index (χ0) is 14.2. The van der Waals surface area contributed by atoms with Gasteiger partial charge in [0.05, 0.1) is 13.2 Å². The van der Waals surface area contributed by atoms with Gasteiger partial charge in [0.15, 0.2) is 0 Å². The van der Waals surface area contributed by atoms with Crippen LogP contribution in [0.1, 0.15) is 19.3 Å². The van der Waals surface area contributed by atoms with Crippen molar-refractivity contribution in [2.45, 2.75) is 31.8 Å². The van der Waals surface area contributed by atoms with Gasteiger partial charge >= 0.3 is 0 Å². The highest BCUT2D eigenvalue weighted by atomic mass is 16.5. The van der Waals surface area contributed by atoms with Crippen LogP contribution in [-0.2, 0) is 16.1 Å². The number of nitrogens with one attached hydrogen (secondary N) is 1. The summed E-state index contributed by atoms with van der Waals surface area (Å²) in [4.78, 5) is 18.1. The van der Waals surface area contributed by atoms with Crippen molar-refractivity contribution in [1.29, 1.82) is 0 Å². The Kier molecular flexibility index (Phi) is 5.94. The molecule has 1 aliphatic rings. The second kappa shape index (κ2) is 7.96. The third kappa shape index (κ3) is 4.57. The van der Waals surface area contributed by atoms with Gasteiger partial charge in [0, 0.05) is 32.7 Å². The van der Waals surface area contributed by atoms with Crippen LogP contribution in [-0.4, -0.2) is 65.0 Å². The third-order valence-electron chi connectivity index (χ3n) is 3.54. The summed E-state index contributed by atoms with van der Waals surface area (Å²) in [6, 6.07) is 0.419. The fraction of sp³-hybridized carbons (Fsp3) is 0.769. The summed E-state index contributed by atoms with van der Waals surface area (Å²) < 4.78 is 6.78. The lowest BCUT2D eigenvalue weighted by molar-refractivity contribution is -0.132. The molecule has 0 aromatic carbocycles. The fourth-order valence-electron chi connectivity index (χ4n) is 2.41. The Bertz CT molecular complexity index is 389. The monoisotopic (exact) mass is 281 g/mol. The van der Waals surface area contributed by atoms with E-state index in [9.17, 15) is 4.79 Å². The molecule has 112 valence electrons. The quantitative estimate of drug-likeness (QED) is 0.720. The number of ether oxygens (including phenoxy) is 1. The van der Waals surface area contributed by atoms with Crippen molar-refractivity contribution in [3.8, 4) is 0 Å². The first kappa shape index (κ1) is 14.9. The maximum Gasteiger partial charge on any atom is 0.224 e. The topological polar surface area (TPSA) is 72.3 Å². The van der Waals surface area contributed by atoms with Crippen molar-refractivity contribution < 1.29 is 9.53 Å². The molecule has 0 aliphatic carbocycles. The number of amides is 1. The van der Waals surface area contributed by atoms with Crippen LogP contribution in [0.5, 0.6) is 0 Å². The fourth-order valence-corrected chi connectivity index (χ4v) is 2.41. The van der Waals surface area contributed by atoms with Gasteiger partial charge in [0.1, 0.15) is 12.7 Å². The van der Waals surface area contributed by atoms with Crippen molar-refractivity contribution >= 4 is 5.91 Å². The van der Waals surface area contributed by atoms with Gasteiger partial charge < -0.3 is 15.0 Å². The van der Waals surface area contributed by atoms with Gasteiger partial charge in [0.25, 0.3) is 0 Å². The van der Waals surface area contributed by atoms with E-state index in [0.717, 1.165) is 19.5 Å². The summed E-state index contributed by atoms with van der Waals surface area (Å²) in [5, 5.41) is 7.44. The first-order valence-electron chi connectivity index (χ1n) is 7.12. The number of carbonyl (C=O) groups is 1. The van der Waals surface area contributed by atoms with Crippen molar-refractivity contribution in [3.05, 3.63) is 12.7 Å². The van der Waals surface area contributed by atoms with Crippen LogP contribution < -0.4 is 5.32 Å². The Morgan fingerprint density at radius 1 is 1.60 bits per heavy atom. The molecule has 0 spiro atoms. The Hall–Kier alpha value is -1.47. The van der Waals surface area contributed by atoms with Gasteiger partial charge in [-0.3, -0.25) is 9.48 Å². The number of aryl methyl sites for hydroxylation is 1. The zero-order valence-electron chi connectivity index (χ0n) is 12.0. The van der Waals surface area contributed by atoms with Gasteiger partial charge in [-0.1, -0.05) is 0 Å². The highest BCUT2D eigenvalue weighted by molar-refractivity contribution is 5.76. The van der Waals surface area contributed by atoms with E-state index in [-0.39, 0.29) is 5.91 Å². The lowest BCUT2D eigenvalue weighted by Crippen LogP contribution is -2.42. The van der Waals surface area contributed by atoms with Crippen molar-refractivity contribution in [2.75, 3.05) is 33.4 Å². The van der Waals surface area contributed by atoms with E-state index in [0.29, 0.717) is 32.2 Å². The van der Waals surface area contributed by atoms with Gasteiger partial charge in [-0.25, -0.2) is 4.98 Å². The Balaban J connectivity index is 1.81. The van der Waals surface area contributed by atoms with E-state index in [4.69, 9.17) is 4.74 Å². The molecular formula is C13H23N5O2. The molecule has 20 heavy (non-hydrogen) atoms. The van der Waals surface area contributed by atoms with Crippen molar-refractivity contribution in [3.63, 3.8) is 0 Å². The smallest absolute Gasteiger partial charge is 0.224 e. The maximum absolute atomic E-state index is 12.3. The van der Waals surface area contributed by atoms with E-state index in [1.165, 1.54) is 12.7 Å². The number of hydrogen-bond acceptors (Lipinski definition) is 5. The van der Waals surface area contributed by atoms with Crippen LogP contribution in [0.2, 0.25) is 0 Å². The highest BCUT2D eigenvalue weighted by Gasteiger charge is 2.21. The predicted octanol–water partition coefficient (Wildman–Crippen LogP) is -0.105. The molecule has 2 rings (SSSR count). The first-order valence-corrected chi connectivity index (χ1v) is 7.12. The van der Waals surface area contributed by atoms with Gasteiger partial charge in [-0.15, -0.1) is 0 Å². The average molecular weight is 281 g/mol. The first-order chi connectivity index (χ1) is 9.79. The predicted molar refractivity (Wildman–Crippen MR) is 74.1 cm³/mol. The van der Waals surface area contributed by atoms with E-state index in [1.807, 2.05) is 4.90 Å². The summed E-state index contributed by atoms with van der Waals surface area (Å²) >= 11 is 0. The molecule has 1 unspecified atom stereocenters. The summed E-state index contributed by atoms with van der Waals surface area (Å²) in [7, 11) is 1.66. The molecule has 1 amide bonds. The second-order valence-electron chi connectivity index (χ2n) is 5.03. The van der Waals surface area contributed by atoms with E-state index in [2.05, 4.69) is 15.4 Å². The second-order valence-corrected chi connectivity index (χ2v) is 5.03. The van der Waals surface area contributed by atoms with Crippen LogP contribution in [0, 0.1) is 0 Å². The van der Waals surface area contributed by atoms with Gasteiger partial charge in [0.2, 0.25) is 5.91 Å². The maximum atomic E-state index is 12.3. The minimum atomic E-state index is 0.145. The van der Waals surface area contributed by atoms with Gasteiger partial charge in [-0.2, -0.15) is 5.10 Å². The standard InChI is InChI=1S/C13H23N5O2/c1-20-8-7-17(9-12-3-2-5-15-12)13(19)4-6-18-11-14-10-16-18/h10-12,15H,2-9H2,1H3. The number of nitrogens with zero attached hydrogens (tertiary/aromatic N) is 4. The van der Waals surface area contributed by atoms with Gasteiger partial charge in [-0.05, 0) is 19.4 Å². The molecule has 0 radical (unpaired) electrons. The summed E-state index contributed by atoms with van der Waals surface area (Å²) in [6.07, 6.45) is 5.89. The highest BCUT2D eigenvalue weighted by Crippen LogP contribution is 2.08. The molecule has 1 saturated heterocycles. The number of rotatable bonds is 8. The van der Waals surface area contributed by atoms with E-state index in [1.54, 1.807) is 18.1 Å². The van der Waals surface area contributed by atoms with E-state index >= 15 is 0 Å². The molecule has 1 aromatic rings. The molecule has 0 saturated carbocycles. The molecule has 1 aromatic heterocycles. The minimum absolute atomic E-state index is 0.145. The molecule has 2 heterocycles. The van der Waals surface area contributed by atoms with Crippen LogP contribution in [0.15, 0.2) is 12.7 Å². The lowest BCUT2D eigenvalue weighted by atomic mass is 10.2. The van der Waals surface area contributed by atoms with E-state index < -0.39 is 0 Å². The van der Waals surface area contributed by atoms with Crippen molar-refractivity contribution in [2.24, 2.45) is 0 Å². The number of hydrogen-bond donors (Lipinski definition) is 1. The molecule has 1 aliphatic heterocycles. The number of methoxy groups -OCH3 is 1. The largest absolute Gasteiger partial charge is 0.383 e. The molecule has 0 bridgehead atoms.